The Morgan fingerprint density at radius 1 is 1.33 bits per heavy atom. The second kappa shape index (κ2) is 4.66. The quantitative estimate of drug-likeness (QED) is 0.642. The van der Waals surface area contributed by atoms with Crippen molar-refractivity contribution in [2.75, 3.05) is 6.61 Å². The van der Waals surface area contributed by atoms with Gasteiger partial charge in [0.2, 0.25) is 0 Å². The molecule has 0 unspecified atom stereocenters. The fourth-order valence-electron chi connectivity index (χ4n) is 2.13. The van der Waals surface area contributed by atoms with Crippen molar-refractivity contribution in [1.82, 2.24) is 0 Å². The molecule has 1 aliphatic carbocycles. The van der Waals surface area contributed by atoms with Crippen molar-refractivity contribution in [2.45, 2.75) is 39.0 Å². The van der Waals surface area contributed by atoms with Crippen LogP contribution in [0, 0.1) is 11.8 Å². The molecule has 0 amide bonds. The van der Waals surface area contributed by atoms with E-state index in [2.05, 4.69) is 13.5 Å². The van der Waals surface area contributed by atoms with E-state index in [9.17, 15) is 0 Å². The van der Waals surface area contributed by atoms with Crippen LogP contribution in [0.25, 0.3) is 0 Å². The molecule has 12 heavy (non-hydrogen) atoms. The van der Waals surface area contributed by atoms with Crippen LogP contribution in [0.5, 0.6) is 0 Å². The van der Waals surface area contributed by atoms with Gasteiger partial charge in [-0.3, -0.25) is 0 Å². The monoisotopic (exact) mass is 168 g/mol. The second-order valence-electron chi connectivity index (χ2n) is 4.08. The summed E-state index contributed by atoms with van der Waals surface area (Å²) in [6, 6.07) is 0. The van der Waals surface area contributed by atoms with Crippen molar-refractivity contribution in [3.05, 3.63) is 12.2 Å². The molecule has 0 saturated heterocycles. The summed E-state index contributed by atoms with van der Waals surface area (Å²) in [6.07, 6.45) is 6.17. The van der Waals surface area contributed by atoms with E-state index < -0.39 is 0 Å². The highest BCUT2D eigenvalue weighted by Crippen LogP contribution is 2.33. The van der Waals surface area contributed by atoms with Crippen LogP contribution in [0.4, 0.5) is 0 Å². The number of allylic oxidation sites excluding steroid dienone is 1. The van der Waals surface area contributed by atoms with Gasteiger partial charge in [0, 0.05) is 6.61 Å². The van der Waals surface area contributed by atoms with Crippen LogP contribution in [0.15, 0.2) is 12.2 Å². The van der Waals surface area contributed by atoms with E-state index in [0.717, 1.165) is 18.3 Å². The first-order chi connectivity index (χ1) is 5.74. The van der Waals surface area contributed by atoms with Gasteiger partial charge < -0.3 is 5.11 Å². The van der Waals surface area contributed by atoms with Crippen molar-refractivity contribution in [2.24, 2.45) is 11.8 Å². The fourth-order valence-corrected chi connectivity index (χ4v) is 2.13. The topological polar surface area (TPSA) is 20.2 Å². The summed E-state index contributed by atoms with van der Waals surface area (Å²) in [5.41, 5.74) is 1.34. The van der Waals surface area contributed by atoms with Crippen molar-refractivity contribution in [3.8, 4) is 0 Å². The van der Waals surface area contributed by atoms with Crippen LogP contribution in [0.3, 0.4) is 0 Å². The van der Waals surface area contributed by atoms with Crippen LogP contribution >= 0.6 is 0 Å². The molecule has 1 rings (SSSR count). The molecule has 0 aromatic rings. The van der Waals surface area contributed by atoms with Gasteiger partial charge in [0.25, 0.3) is 0 Å². The molecule has 0 aromatic carbocycles. The Kier molecular flexibility index (Phi) is 3.80. The minimum absolute atomic E-state index is 0.363. The van der Waals surface area contributed by atoms with Gasteiger partial charge in [-0.2, -0.15) is 0 Å². The highest BCUT2D eigenvalue weighted by molar-refractivity contribution is 4.97. The van der Waals surface area contributed by atoms with Crippen LogP contribution in [-0.4, -0.2) is 11.7 Å². The number of aliphatic hydroxyl groups excluding tert-OH is 1. The Hall–Kier alpha value is -0.300. The van der Waals surface area contributed by atoms with Crippen LogP contribution in [-0.2, 0) is 0 Å². The Morgan fingerprint density at radius 3 is 2.33 bits per heavy atom. The highest BCUT2D eigenvalue weighted by atomic mass is 16.3. The van der Waals surface area contributed by atoms with Gasteiger partial charge >= 0.3 is 0 Å². The average Bonchev–Trinajstić information content (AvgIpc) is 2.06. The third-order valence-corrected chi connectivity index (χ3v) is 3.08. The zero-order chi connectivity index (χ0) is 8.97. The summed E-state index contributed by atoms with van der Waals surface area (Å²) >= 11 is 0. The molecule has 1 nitrogen and oxygen atoms in total. The van der Waals surface area contributed by atoms with Gasteiger partial charge in [-0.25, -0.2) is 0 Å². The molecule has 1 aliphatic rings. The largest absolute Gasteiger partial charge is 0.396 e. The summed E-state index contributed by atoms with van der Waals surface area (Å²) in [5, 5.41) is 8.78. The molecule has 1 heteroatoms. The molecule has 0 bridgehead atoms. The molecular formula is C11H20O. The number of hydrogen-bond acceptors (Lipinski definition) is 1. The minimum Gasteiger partial charge on any atom is -0.396 e. The van der Waals surface area contributed by atoms with Gasteiger partial charge in [-0.15, -0.1) is 0 Å². The fraction of sp³-hybridized carbons (Fsp3) is 0.818. The van der Waals surface area contributed by atoms with Crippen molar-refractivity contribution in [3.63, 3.8) is 0 Å². The molecule has 1 saturated carbocycles. The highest BCUT2D eigenvalue weighted by Gasteiger charge is 2.20. The summed E-state index contributed by atoms with van der Waals surface area (Å²) in [6.45, 7) is 6.50. The van der Waals surface area contributed by atoms with Crippen LogP contribution in [0.2, 0.25) is 0 Å². The lowest BCUT2D eigenvalue weighted by Crippen LogP contribution is -2.15. The predicted molar refractivity (Wildman–Crippen MR) is 52.0 cm³/mol. The Bertz CT molecular complexity index is 143. The summed E-state index contributed by atoms with van der Waals surface area (Å²) in [5.74, 6) is 1.55. The zero-order valence-corrected chi connectivity index (χ0v) is 8.05. The third-order valence-electron chi connectivity index (χ3n) is 3.08. The Balaban J connectivity index is 2.25. The van der Waals surface area contributed by atoms with E-state index in [1.165, 1.54) is 31.3 Å². The van der Waals surface area contributed by atoms with E-state index >= 15 is 0 Å². The first-order valence-electron chi connectivity index (χ1n) is 5.00. The van der Waals surface area contributed by atoms with Gasteiger partial charge in [0.15, 0.2) is 0 Å². The van der Waals surface area contributed by atoms with Crippen molar-refractivity contribution < 1.29 is 5.11 Å². The third kappa shape index (κ3) is 2.63. The predicted octanol–water partition coefficient (Wildman–Crippen LogP) is 2.75. The zero-order valence-electron chi connectivity index (χ0n) is 8.05. The van der Waals surface area contributed by atoms with E-state index in [4.69, 9.17) is 5.11 Å². The molecule has 0 aliphatic heterocycles. The Morgan fingerprint density at radius 2 is 1.92 bits per heavy atom. The normalized spacial score (nSPS) is 30.2. The SMILES string of the molecule is C=C(C)C1CCC(CCO)CC1. The molecule has 70 valence electrons. The number of rotatable bonds is 3. The molecule has 0 atom stereocenters. The van der Waals surface area contributed by atoms with E-state index in [-0.39, 0.29) is 0 Å². The lowest BCUT2D eigenvalue weighted by Gasteiger charge is -2.28. The lowest BCUT2D eigenvalue weighted by atomic mass is 9.78. The summed E-state index contributed by atoms with van der Waals surface area (Å²) in [7, 11) is 0. The molecule has 0 radical (unpaired) electrons. The maximum Gasteiger partial charge on any atom is 0.0433 e. The van der Waals surface area contributed by atoms with Gasteiger partial charge in [0.05, 0.1) is 0 Å². The second-order valence-corrected chi connectivity index (χ2v) is 4.08. The molecule has 0 heterocycles. The van der Waals surface area contributed by atoms with Crippen LogP contribution < -0.4 is 0 Å². The lowest BCUT2D eigenvalue weighted by molar-refractivity contribution is 0.215. The van der Waals surface area contributed by atoms with Crippen molar-refractivity contribution in [1.29, 1.82) is 0 Å². The maximum atomic E-state index is 8.78. The van der Waals surface area contributed by atoms with E-state index in [1.54, 1.807) is 0 Å². The molecule has 1 N–H and O–H groups in total. The first kappa shape index (κ1) is 9.79. The molecule has 0 spiro atoms. The standard InChI is InChI=1S/C11H20O/c1-9(2)11-5-3-10(4-6-11)7-8-12/h10-12H,1,3-8H2,2H3. The molecule has 1 fully saturated rings. The van der Waals surface area contributed by atoms with E-state index in [1.807, 2.05) is 0 Å². The van der Waals surface area contributed by atoms with Crippen molar-refractivity contribution >= 4 is 0 Å². The van der Waals surface area contributed by atoms with Gasteiger partial charge in [0.1, 0.15) is 0 Å². The van der Waals surface area contributed by atoms with Gasteiger partial charge in [-0.1, -0.05) is 12.2 Å². The molecule has 0 aromatic heterocycles. The van der Waals surface area contributed by atoms with Gasteiger partial charge in [-0.05, 0) is 50.9 Å². The van der Waals surface area contributed by atoms with Crippen LogP contribution in [0.1, 0.15) is 39.0 Å². The minimum atomic E-state index is 0.363. The summed E-state index contributed by atoms with van der Waals surface area (Å²) in [4.78, 5) is 0. The average molecular weight is 168 g/mol. The Labute approximate surface area is 75.5 Å². The number of hydrogen-bond donors (Lipinski definition) is 1. The number of aliphatic hydroxyl groups is 1. The molecular weight excluding hydrogens is 148 g/mol. The maximum absolute atomic E-state index is 8.78. The van der Waals surface area contributed by atoms with E-state index in [0.29, 0.717) is 6.61 Å². The smallest absolute Gasteiger partial charge is 0.0433 e. The summed E-state index contributed by atoms with van der Waals surface area (Å²) < 4.78 is 0. The first-order valence-corrected chi connectivity index (χ1v) is 5.00.